The summed E-state index contributed by atoms with van der Waals surface area (Å²) >= 11 is 0. The van der Waals surface area contributed by atoms with Crippen LogP contribution in [0.15, 0.2) is 54.6 Å². The van der Waals surface area contributed by atoms with E-state index in [0.29, 0.717) is 13.1 Å². The van der Waals surface area contributed by atoms with Crippen LogP contribution >= 0.6 is 0 Å². The molecule has 3 rings (SSSR count). The van der Waals surface area contributed by atoms with Crippen molar-refractivity contribution in [3.05, 3.63) is 65.7 Å². The first-order chi connectivity index (χ1) is 11.5. The lowest BCUT2D eigenvalue weighted by molar-refractivity contribution is 0.181. The smallest absolute Gasteiger partial charge is 0.218 e. The van der Waals surface area contributed by atoms with E-state index in [1.165, 1.54) is 0 Å². The second-order valence-corrected chi connectivity index (χ2v) is 8.13. The van der Waals surface area contributed by atoms with Crippen molar-refractivity contribution >= 4 is 15.7 Å². The van der Waals surface area contributed by atoms with Gasteiger partial charge in [0.05, 0.1) is 5.75 Å². The van der Waals surface area contributed by atoms with Gasteiger partial charge in [-0.25, -0.2) is 8.42 Å². The summed E-state index contributed by atoms with van der Waals surface area (Å²) < 4.78 is 26.7. The van der Waals surface area contributed by atoms with Gasteiger partial charge < -0.3 is 5.73 Å². The highest BCUT2D eigenvalue weighted by atomic mass is 32.2. The molecule has 0 bridgehead atoms. The highest BCUT2D eigenvalue weighted by Crippen LogP contribution is 2.16. The van der Waals surface area contributed by atoms with Gasteiger partial charge in [-0.2, -0.15) is 4.31 Å². The lowest BCUT2D eigenvalue weighted by atomic mass is 10.2. The van der Waals surface area contributed by atoms with E-state index in [9.17, 15) is 8.42 Å². The first-order valence-corrected chi connectivity index (χ1v) is 9.72. The highest BCUT2D eigenvalue weighted by Gasteiger charge is 2.26. The third-order valence-electron chi connectivity index (χ3n) is 4.27. The Balaban J connectivity index is 1.56. The molecule has 0 aromatic heterocycles. The number of sulfonamides is 1. The second kappa shape index (κ2) is 7.34. The number of benzene rings is 2. The zero-order valence-electron chi connectivity index (χ0n) is 13.6. The van der Waals surface area contributed by atoms with E-state index >= 15 is 0 Å². The summed E-state index contributed by atoms with van der Waals surface area (Å²) in [6.07, 6.45) is 0. The third-order valence-corrected chi connectivity index (χ3v) is 6.12. The Morgan fingerprint density at radius 3 is 2.21 bits per heavy atom. The number of nitrogens with two attached hydrogens (primary N) is 1. The molecule has 1 saturated heterocycles. The fourth-order valence-electron chi connectivity index (χ4n) is 2.99. The molecule has 6 heteroatoms. The average molecular weight is 345 g/mol. The van der Waals surface area contributed by atoms with Crippen LogP contribution in [0.5, 0.6) is 0 Å². The molecule has 0 unspecified atom stereocenters. The van der Waals surface area contributed by atoms with Crippen LogP contribution < -0.4 is 5.73 Å². The predicted octanol–water partition coefficient (Wildman–Crippen LogP) is 1.92. The third kappa shape index (κ3) is 4.35. The number of hydrogen-bond acceptors (Lipinski definition) is 4. The van der Waals surface area contributed by atoms with Crippen LogP contribution in [0.3, 0.4) is 0 Å². The number of rotatable bonds is 5. The van der Waals surface area contributed by atoms with Crippen LogP contribution in [0.2, 0.25) is 0 Å². The maximum atomic E-state index is 12.6. The summed E-state index contributed by atoms with van der Waals surface area (Å²) in [5.74, 6) is 0.0725. The summed E-state index contributed by atoms with van der Waals surface area (Å²) in [5, 5.41) is 0. The molecule has 0 aliphatic carbocycles. The molecule has 0 spiro atoms. The Bertz CT molecular complexity index is 770. The van der Waals surface area contributed by atoms with E-state index in [1.807, 2.05) is 48.5 Å². The predicted molar refractivity (Wildman–Crippen MR) is 96.8 cm³/mol. The minimum atomic E-state index is -3.25. The summed E-state index contributed by atoms with van der Waals surface area (Å²) in [6, 6.07) is 17.2. The fraction of sp³-hybridized carbons (Fsp3) is 0.333. The topological polar surface area (TPSA) is 66.6 Å². The molecule has 0 saturated carbocycles. The van der Waals surface area contributed by atoms with E-state index in [0.717, 1.165) is 36.4 Å². The Labute approximate surface area is 143 Å². The monoisotopic (exact) mass is 345 g/mol. The van der Waals surface area contributed by atoms with E-state index in [1.54, 1.807) is 4.31 Å². The van der Waals surface area contributed by atoms with Gasteiger partial charge in [0.15, 0.2) is 0 Å². The number of hydrogen-bond donors (Lipinski definition) is 1. The summed E-state index contributed by atoms with van der Waals surface area (Å²) in [5.41, 5.74) is 8.57. The van der Waals surface area contributed by atoms with Crippen molar-refractivity contribution in [3.8, 4) is 0 Å². The van der Waals surface area contributed by atoms with Gasteiger partial charge in [-0.05, 0) is 23.3 Å². The van der Waals surface area contributed by atoms with Crippen molar-refractivity contribution in [2.45, 2.75) is 12.3 Å². The largest absolute Gasteiger partial charge is 0.399 e. The minimum Gasteiger partial charge on any atom is -0.399 e. The van der Waals surface area contributed by atoms with Crippen molar-refractivity contribution in [2.75, 3.05) is 31.9 Å². The lowest BCUT2D eigenvalue weighted by Gasteiger charge is -2.34. The number of piperazine rings is 1. The van der Waals surface area contributed by atoms with Gasteiger partial charge in [0.2, 0.25) is 10.0 Å². The Hall–Kier alpha value is -1.89. The number of nitrogens with zero attached hydrogens (tertiary/aromatic N) is 2. The maximum absolute atomic E-state index is 12.6. The lowest BCUT2D eigenvalue weighted by Crippen LogP contribution is -2.48. The van der Waals surface area contributed by atoms with Gasteiger partial charge in [0, 0.05) is 38.4 Å². The molecule has 0 atom stereocenters. The van der Waals surface area contributed by atoms with Crippen molar-refractivity contribution in [3.63, 3.8) is 0 Å². The summed E-state index contributed by atoms with van der Waals surface area (Å²) in [7, 11) is -3.25. The molecule has 2 aromatic rings. The second-order valence-electron chi connectivity index (χ2n) is 6.16. The zero-order chi connectivity index (χ0) is 17.0. The average Bonchev–Trinajstić information content (AvgIpc) is 2.56. The van der Waals surface area contributed by atoms with Gasteiger partial charge in [0.1, 0.15) is 0 Å². The van der Waals surface area contributed by atoms with Crippen molar-refractivity contribution in [2.24, 2.45) is 0 Å². The molecule has 2 aromatic carbocycles. The molecule has 2 N–H and O–H groups in total. The maximum Gasteiger partial charge on any atom is 0.218 e. The van der Waals surface area contributed by atoms with Crippen LogP contribution in [0, 0.1) is 0 Å². The molecule has 1 fully saturated rings. The van der Waals surface area contributed by atoms with Gasteiger partial charge in [0.25, 0.3) is 0 Å². The number of anilines is 1. The highest BCUT2D eigenvalue weighted by molar-refractivity contribution is 7.88. The first-order valence-electron chi connectivity index (χ1n) is 8.11. The van der Waals surface area contributed by atoms with Crippen LogP contribution in [0.4, 0.5) is 5.69 Å². The van der Waals surface area contributed by atoms with Crippen molar-refractivity contribution in [1.82, 2.24) is 9.21 Å². The van der Waals surface area contributed by atoms with E-state index in [-0.39, 0.29) is 5.75 Å². The van der Waals surface area contributed by atoms with E-state index in [4.69, 9.17) is 5.73 Å². The molecule has 0 radical (unpaired) electrons. The number of nitrogen functional groups attached to an aromatic ring is 1. The standard InChI is InChI=1S/C18H23N3O2S/c19-18-8-4-7-17(13-18)14-20-9-11-21(12-10-20)24(22,23)15-16-5-2-1-3-6-16/h1-8,13H,9-12,14-15,19H2. The zero-order valence-corrected chi connectivity index (χ0v) is 14.5. The molecule has 128 valence electrons. The van der Waals surface area contributed by atoms with Crippen molar-refractivity contribution in [1.29, 1.82) is 0 Å². The van der Waals surface area contributed by atoms with Gasteiger partial charge in [-0.3, -0.25) is 4.90 Å². The Kier molecular flexibility index (Phi) is 5.18. The molecule has 1 aliphatic rings. The molecule has 24 heavy (non-hydrogen) atoms. The molecule has 1 aliphatic heterocycles. The SMILES string of the molecule is Nc1cccc(CN2CCN(S(=O)(=O)Cc3ccccc3)CC2)c1. The van der Waals surface area contributed by atoms with Crippen LogP contribution in [-0.4, -0.2) is 43.8 Å². The van der Waals surface area contributed by atoms with Crippen LogP contribution in [0.1, 0.15) is 11.1 Å². The quantitative estimate of drug-likeness (QED) is 0.841. The van der Waals surface area contributed by atoms with Crippen molar-refractivity contribution < 1.29 is 8.42 Å². The fourth-order valence-corrected chi connectivity index (χ4v) is 4.51. The van der Waals surface area contributed by atoms with E-state index < -0.39 is 10.0 Å². The Morgan fingerprint density at radius 1 is 0.875 bits per heavy atom. The Morgan fingerprint density at radius 2 is 1.54 bits per heavy atom. The molecular weight excluding hydrogens is 322 g/mol. The molecule has 0 amide bonds. The minimum absolute atomic E-state index is 0.0725. The van der Waals surface area contributed by atoms with Gasteiger partial charge >= 0.3 is 0 Å². The first kappa shape index (κ1) is 17.0. The molecule has 1 heterocycles. The normalized spacial score (nSPS) is 17.0. The summed E-state index contributed by atoms with van der Waals surface area (Å²) in [6.45, 7) is 3.36. The van der Waals surface area contributed by atoms with E-state index in [2.05, 4.69) is 11.0 Å². The van der Waals surface area contributed by atoms with Crippen LogP contribution in [-0.2, 0) is 22.3 Å². The summed E-state index contributed by atoms with van der Waals surface area (Å²) in [4.78, 5) is 2.27. The molecule has 5 nitrogen and oxygen atoms in total. The van der Waals surface area contributed by atoms with Crippen LogP contribution in [0.25, 0.3) is 0 Å². The molecular formula is C18H23N3O2S. The van der Waals surface area contributed by atoms with Gasteiger partial charge in [-0.1, -0.05) is 42.5 Å². The van der Waals surface area contributed by atoms with Gasteiger partial charge in [-0.15, -0.1) is 0 Å².